The van der Waals surface area contributed by atoms with E-state index < -0.39 is 0 Å². The molecule has 2 N–H and O–H groups in total. The van der Waals surface area contributed by atoms with Gasteiger partial charge in [0.05, 0.1) is 11.8 Å². The molecule has 0 fully saturated rings. The van der Waals surface area contributed by atoms with Crippen LogP contribution < -0.4 is 10.5 Å². The van der Waals surface area contributed by atoms with E-state index in [1.807, 2.05) is 26.0 Å². The highest BCUT2D eigenvalue weighted by Gasteiger charge is 2.07. The number of ether oxygens (including phenoxy) is 1. The van der Waals surface area contributed by atoms with Crippen LogP contribution in [0.4, 0.5) is 5.69 Å². The molecule has 5 heteroatoms. The molecule has 0 aliphatic carbocycles. The number of aromatic nitrogens is 2. The van der Waals surface area contributed by atoms with Crippen LogP contribution in [-0.4, -0.2) is 15.7 Å². The number of benzene rings is 1. The fourth-order valence-electron chi connectivity index (χ4n) is 1.68. The van der Waals surface area contributed by atoms with Crippen molar-refractivity contribution in [2.45, 2.75) is 20.0 Å². The summed E-state index contributed by atoms with van der Waals surface area (Å²) in [5.74, 6) is 0.994. The summed E-state index contributed by atoms with van der Waals surface area (Å²) in [6.07, 6.45) is 3.36. The van der Waals surface area contributed by atoms with Crippen LogP contribution in [0.25, 0.3) is 5.69 Å². The Balaban J connectivity index is 2.46. The maximum Gasteiger partial charge on any atom is 0.217 e. The van der Waals surface area contributed by atoms with E-state index in [2.05, 4.69) is 4.98 Å². The zero-order valence-corrected chi connectivity index (χ0v) is 10.3. The first-order chi connectivity index (χ1) is 8.60. The van der Waals surface area contributed by atoms with Gasteiger partial charge >= 0.3 is 0 Å². The highest BCUT2D eigenvalue weighted by atomic mass is 16.5. The number of nitriles is 1. The molecular weight excluding hydrogens is 228 g/mol. The lowest BCUT2D eigenvalue weighted by Gasteiger charge is -2.12. The van der Waals surface area contributed by atoms with Gasteiger partial charge in [0, 0.05) is 30.2 Å². The summed E-state index contributed by atoms with van der Waals surface area (Å²) in [4.78, 5) is 3.95. The quantitative estimate of drug-likeness (QED) is 0.836. The highest BCUT2D eigenvalue weighted by Crippen LogP contribution is 2.23. The Morgan fingerprint density at radius 2 is 2.17 bits per heavy atom. The lowest BCUT2D eigenvalue weighted by atomic mass is 10.2. The molecule has 1 aromatic carbocycles. The molecule has 18 heavy (non-hydrogen) atoms. The Morgan fingerprint density at radius 3 is 2.83 bits per heavy atom. The number of hydrogen-bond acceptors (Lipinski definition) is 4. The minimum absolute atomic E-state index is 0.0675. The summed E-state index contributed by atoms with van der Waals surface area (Å²) in [6, 6.07) is 7.39. The third kappa shape index (κ3) is 2.43. The number of anilines is 1. The van der Waals surface area contributed by atoms with Crippen LogP contribution in [0.2, 0.25) is 0 Å². The molecule has 92 valence electrons. The van der Waals surface area contributed by atoms with E-state index in [9.17, 15) is 0 Å². The number of imidazole rings is 1. The number of hydrogen-bond donors (Lipinski definition) is 1. The van der Waals surface area contributed by atoms with E-state index >= 15 is 0 Å². The van der Waals surface area contributed by atoms with Crippen molar-refractivity contribution in [2.24, 2.45) is 0 Å². The van der Waals surface area contributed by atoms with Crippen molar-refractivity contribution < 1.29 is 4.74 Å². The molecular formula is C13H14N4O. The van der Waals surface area contributed by atoms with E-state index in [1.54, 1.807) is 29.1 Å². The van der Waals surface area contributed by atoms with Gasteiger partial charge in [-0.25, -0.2) is 4.98 Å². The van der Waals surface area contributed by atoms with Crippen molar-refractivity contribution in [3.63, 3.8) is 0 Å². The standard InChI is InChI=1S/C13H14N4O/c1-9(2)18-12-6-10(15)5-11(7-12)17-4-3-16-13(17)8-14/h3-7,9H,15H2,1-2H3. The normalized spacial score (nSPS) is 10.3. The van der Waals surface area contributed by atoms with E-state index in [4.69, 9.17) is 15.7 Å². The predicted molar refractivity (Wildman–Crippen MR) is 68.5 cm³/mol. The Morgan fingerprint density at radius 1 is 1.39 bits per heavy atom. The molecule has 1 heterocycles. The average molecular weight is 242 g/mol. The van der Waals surface area contributed by atoms with Crippen LogP contribution in [-0.2, 0) is 0 Å². The van der Waals surface area contributed by atoms with Crippen molar-refractivity contribution in [3.05, 3.63) is 36.4 Å². The average Bonchev–Trinajstić information content (AvgIpc) is 2.75. The van der Waals surface area contributed by atoms with Crippen LogP contribution >= 0.6 is 0 Å². The summed E-state index contributed by atoms with van der Waals surface area (Å²) in [7, 11) is 0. The van der Waals surface area contributed by atoms with Crippen molar-refractivity contribution in [3.8, 4) is 17.5 Å². The van der Waals surface area contributed by atoms with Crippen LogP contribution in [0.5, 0.6) is 5.75 Å². The van der Waals surface area contributed by atoms with Crippen molar-refractivity contribution in [2.75, 3.05) is 5.73 Å². The number of nitrogens with zero attached hydrogens (tertiary/aromatic N) is 3. The van der Waals surface area contributed by atoms with Crippen LogP contribution in [0.15, 0.2) is 30.6 Å². The summed E-state index contributed by atoms with van der Waals surface area (Å²) < 4.78 is 7.28. The van der Waals surface area contributed by atoms with Crippen LogP contribution in [0, 0.1) is 11.3 Å². The Kier molecular flexibility index (Phi) is 3.20. The van der Waals surface area contributed by atoms with Gasteiger partial charge in [-0.15, -0.1) is 0 Å². The number of nitrogen functional groups attached to an aromatic ring is 1. The molecule has 0 radical (unpaired) electrons. The fraction of sp³-hybridized carbons (Fsp3) is 0.231. The molecule has 0 aliphatic heterocycles. The first-order valence-electron chi connectivity index (χ1n) is 5.61. The Labute approximate surface area is 105 Å². The molecule has 0 atom stereocenters. The maximum absolute atomic E-state index is 8.96. The molecule has 0 unspecified atom stereocenters. The first-order valence-corrected chi connectivity index (χ1v) is 5.61. The molecule has 0 bridgehead atoms. The largest absolute Gasteiger partial charge is 0.491 e. The maximum atomic E-state index is 8.96. The summed E-state index contributed by atoms with van der Waals surface area (Å²) in [5, 5.41) is 8.96. The second kappa shape index (κ2) is 4.80. The predicted octanol–water partition coefficient (Wildman–Crippen LogP) is 2.11. The minimum Gasteiger partial charge on any atom is -0.491 e. The van der Waals surface area contributed by atoms with Crippen molar-refractivity contribution in [1.29, 1.82) is 5.26 Å². The molecule has 0 aliphatic rings. The van der Waals surface area contributed by atoms with E-state index in [-0.39, 0.29) is 6.10 Å². The topological polar surface area (TPSA) is 76.9 Å². The molecule has 2 rings (SSSR count). The first kappa shape index (κ1) is 12.0. The van der Waals surface area contributed by atoms with Crippen molar-refractivity contribution in [1.82, 2.24) is 9.55 Å². The summed E-state index contributed by atoms with van der Waals surface area (Å²) >= 11 is 0. The van der Waals surface area contributed by atoms with Gasteiger partial charge in [-0.1, -0.05) is 0 Å². The zero-order valence-electron chi connectivity index (χ0n) is 10.3. The molecule has 1 aromatic heterocycles. The van der Waals surface area contributed by atoms with Gasteiger partial charge in [0.1, 0.15) is 11.8 Å². The Hall–Kier alpha value is -2.48. The monoisotopic (exact) mass is 242 g/mol. The molecule has 0 saturated carbocycles. The SMILES string of the molecule is CC(C)Oc1cc(N)cc(-n2ccnc2C#N)c1. The van der Waals surface area contributed by atoms with Gasteiger partial charge in [0.2, 0.25) is 5.82 Å². The van der Waals surface area contributed by atoms with Gasteiger partial charge < -0.3 is 10.5 Å². The van der Waals surface area contributed by atoms with Crippen molar-refractivity contribution >= 4 is 5.69 Å². The van der Waals surface area contributed by atoms with Gasteiger partial charge in [-0.3, -0.25) is 4.57 Å². The van der Waals surface area contributed by atoms with Gasteiger partial charge in [0.15, 0.2) is 0 Å². The van der Waals surface area contributed by atoms with E-state index in [1.165, 1.54) is 0 Å². The second-order valence-corrected chi connectivity index (χ2v) is 4.16. The van der Waals surface area contributed by atoms with Crippen LogP contribution in [0.1, 0.15) is 19.7 Å². The van der Waals surface area contributed by atoms with Gasteiger partial charge in [0.25, 0.3) is 0 Å². The smallest absolute Gasteiger partial charge is 0.217 e. The molecule has 0 saturated heterocycles. The second-order valence-electron chi connectivity index (χ2n) is 4.16. The molecule has 2 aromatic rings. The summed E-state index contributed by atoms with van der Waals surface area (Å²) in [6.45, 7) is 3.89. The molecule has 0 spiro atoms. The summed E-state index contributed by atoms with van der Waals surface area (Å²) in [5.41, 5.74) is 7.18. The van der Waals surface area contributed by atoms with Crippen LogP contribution in [0.3, 0.4) is 0 Å². The number of nitrogens with two attached hydrogens (primary N) is 1. The van der Waals surface area contributed by atoms with Gasteiger partial charge in [-0.05, 0) is 19.9 Å². The highest BCUT2D eigenvalue weighted by molar-refractivity contribution is 5.54. The third-order valence-electron chi connectivity index (χ3n) is 2.30. The fourth-order valence-corrected chi connectivity index (χ4v) is 1.68. The Bertz CT molecular complexity index is 595. The lowest BCUT2D eigenvalue weighted by molar-refractivity contribution is 0.242. The van der Waals surface area contributed by atoms with E-state index in [0.29, 0.717) is 17.3 Å². The molecule has 0 amide bonds. The lowest BCUT2D eigenvalue weighted by Crippen LogP contribution is -2.07. The van der Waals surface area contributed by atoms with Gasteiger partial charge in [-0.2, -0.15) is 5.26 Å². The third-order valence-corrected chi connectivity index (χ3v) is 2.30. The molecule has 5 nitrogen and oxygen atoms in total. The zero-order chi connectivity index (χ0) is 13.1. The van der Waals surface area contributed by atoms with E-state index in [0.717, 1.165) is 5.69 Å². The number of rotatable bonds is 3. The minimum atomic E-state index is 0.0675.